The lowest BCUT2D eigenvalue weighted by molar-refractivity contribution is -0.384. The quantitative estimate of drug-likeness (QED) is 0.180. The van der Waals surface area contributed by atoms with Gasteiger partial charge in [0.1, 0.15) is 0 Å². The van der Waals surface area contributed by atoms with Crippen LogP contribution in [0.4, 0.5) is 5.69 Å². The van der Waals surface area contributed by atoms with Crippen LogP contribution < -0.4 is 10.6 Å². The molecule has 1 rings (SSSR count). The van der Waals surface area contributed by atoms with Crippen LogP contribution in [0.5, 0.6) is 0 Å². The number of nitrogens with zero attached hydrogens (tertiary/aromatic N) is 4. The molecule has 0 saturated heterocycles. The zero-order valence-corrected chi connectivity index (χ0v) is 20.6. The van der Waals surface area contributed by atoms with Crippen molar-refractivity contribution in [3.8, 4) is 0 Å². The lowest BCUT2D eigenvalue weighted by atomic mass is 10.1. The first-order chi connectivity index (χ1) is 13.4. The van der Waals surface area contributed by atoms with E-state index in [9.17, 15) is 19.7 Å². The second kappa shape index (κ2) is 12.3. The molecule has 0 unspecified atom stereocenters. The van der Waals surface area contributed by atoms with Crippen LogP contribution in [0.2, 0.25) is 0 Å². The van der Waals surface area contributed by atoms with Gasteiger partial charge in [-0.05, 0) is 26.3 Å². The Hall–Kier alpha value is -2.44. The maximum atomic E-state index is 12.2. The van der Waals surface area contributed by atoms with Gasteiger partial charge in [0.25, 0.3) is 5.69 Å². The van der Waals surface area contributed by atoms with Crippen molar-refractivity contribution in [1.82, 2.24) is 20.4 Å². The minimum Gasteiger partial charge on any atom is -0.350 e. The highest BCUT2D eigenvalue weighted by atomic mass is 127. The van der Waals surface area contributed by atoms with Gasteiger partial charge in [0.2, 0.25) is 11.8 Å². The van der Waals surface area contributed by atoms with Crippen LogP contribution in [0.25, 0.3) is 0 Å². The van der Waals surface area contributed by atoms with Gasteiger partial charge in [-0.3, -0.25) is 19.7 Å². The smallest absolute Gasteiger partial charge is 0.269 e. The number of benzene rings is 1. The maximum Gasteiger partial charge on any atom is 0.269 e. The fraction of sp³-hybridized carbons (Fsp3) is 0.526. The third kappa shape index (κ3) is 10.4. The highest BCUT2D eigenvalue weighted by molar-refractivity contribution is 14.0. The number of non-ortho nitro benzene ring substituents is 1. The molecule has 2 N–H and O–H groups in total. The van der Waals surface area contributed by atoms with E-state index in [-0.39, 0.29) is 66.7 Å². The molecule has 10 nitrogen and oxygen atoms in total. The van der Waals surface area contributed by atoms with Gasteiger partial charge in [0, 0.05) is 38.8 Å². The molecular weight excluding hydrogens is 503 g/mol. The number of aliphatic imine (C=N–C) groups is 1. The van der Waals surface area contributed by atoms with E-state index < -0.39 is 4.92 Å². The molecule has 0 radical (unpaired) electrons. The second-order valence-corrected chi connectivity index (χ2v) is 7.86. The monoisotopic (exact) mass is 534 g/mol. The minimum atomic E-state index is -0.464. The molecule has 0 aliphatic heterocycles. The summed E-state index contributed by atoms with van der Waals surface area (Å²) < 4.78 is 0. The molecule has 0 fully saturated rings. The van der Waals surface area contributed by atoms with E-state index in [1.807, 2.05) is 20.8 Å². The van der Waals surface area contributed by atoms with Gasteiger partial charge in [0.15, 0.2) is 5.96 Å². The summed E-state index contributed by atoms with van der Waals surface area (Å²) in [6.45, 7) is 5.99. The molecule has 0 aromatic heterocycles. The van der Waals surface area contributed by atoms with Gasteiger partial charge in [0.05, 0.1) is 24.6 Å². The number of rotatable bonds is 7. The number of carbonyl (C=O) groups excluding carboxylic acids is 2. The van der Waals surface area contributed by atoms with E-state index >= 15 is 0 Å². The number of nitro benzene ring substituents is 1. The van der Waals surface area contributed by atoms with Gasteiger partial charge in [-0.15, -0.1) is 24.0 Å². The molecular formula is C19H31IN6O4. The van der Waals surface area contributed by atoms with Crippen LogP contribution in [0.1, 0.15) is 26.3 Å². The molecule has 0 heterocycles. The van der Waals surface area contributed by atoms with Crippen molar-refractivity contribution >= 4 is 47.4 Å². The Balaban J connectivity index is 0.00000841. The Morgan fingerprint density at radius 2 is 1.70 bits per heavy atom. The molecule has 0 aliphatic carbocycles. The molecule has 0 saturated carbocycles. The van der Waals surface area contributed by atoms with E-state index in [2.05, 4.69) is 15.6 Å². The summed E-state index contributed by atoms with van der Waals surface area (Å²) in [5.41, 5.74) is 0.410. The Kier molecular flexibility index (Phi) is 11.3. The van der Waals surface area contributed by atoms with Gasteiger partial charge >= 0.3 is 0 Å². The summed E-state index contributed by atoms with van der Waals surface area (Å²) in [4.78, 5) is 42.0. The number of nitrogens with one attached hydrogen (secondary N) is 2. The molecule has 30 heavy (non-hydrogen) atoms. The lowest BCUT2D eigenvalue weighted by Crippen LogP contribution is -2.50. The number of halogens is 1. The van der Waals surface area contributed by atoms with Crippen molar-refractivity contribution in [2.45, 2.75) is 32.9 Å². The number of hydrogen-bond donors (Lipinski definition) is 2. The summed E-state index contributed by atoms with van der Waals surface area (Å²) in [5, 5.41) is 16.6. The zero-order valence-electron chi connectivity index (χ0n) is 18.3. The average Bonchev–Trinajstić information content (AvgIpc) is 2.59. The minimum absolute atomic E-state index is 0. The van der Waals surface area contributed by atoms with E-state index in [1.165, 1.54) is 17.0 Å². The molecule has 0 spiro atoms. The molecule has 0 aliphatic rings. The van der Waals surface area contributed by atoms with Gasteiger partial charge < -0.3 is 20.4 Å². The lowest BCUT2D eigenvalue weighted by Gasteiger charge is -2.26. The summed E-state index contributed by atoms with van der Waals surface area (Å²) in [6, 6.07) is 6.06. The Labute approximate surface area is 194 Å². The van der Waals surface area contributed by atoms with Crippen molar-refractivity contribution in [3.63, 3.8) is 0 Å². The van der Waals surface area contributed by atoms with Crippen LogP contribution in [-0.2, 0) is 16.1 Å². The number of nitro groups is 1. The van der Waals surface area contributed by atoms with Crippen LogP contribution >= 0.6 is 24.0 Å². The molecule has 168 valence electrons. The third-order valence-corrected chi connectivity index (χ3v) is 3.71. The molecule has 0 atom stereocenters. The van der Waals surface area contributed by atoms with Gasteiger partial charge in [-0.1, -0.05) is 12.1 Å². The Bertz CT molecular complexity index is 759. The fourth-order valence-electron chi connectivity index (χ4n) is 2.26. The van der Waals surface area contributed by atoms with Crippen LogP contribution in [0.15, 0.2) is 29.3 Å². The summed E-state index contributed by atoms with van der Waals surface area (Å²) in [5.74, 6) is 0.0620. The second-order valence-electron chi connectivity index (χ2n) is 7.86. The molecule has 1 aromatic rings. The van der Waals surface area contributed by atoms with E-state index in [0.29, 0.717) is 5.96 Å². The van der Waals surface area contributed by atoms with Crippen molar-refractivity contribution in [3.05, 3.63) is 39.9 Å². The number of guanidine groups is 1. The predicted octanol–water partition coefficient (Wildman–Crippen LogP) is 1.59. The molecule has 11 heteroatoms. The molecule has 1 aromatic carbocycles. The zero-order chi connectivity index (χ0) is 22.2. The van der Waals surface area contributed by atoms with E-state index in [1.54, 1.807) is 38.2 Å². The number of amides is 2. The first kappa shape index (κ1) is 27.6. The average molecular weight is 534 g/mol. The Morgan fingerprint density at radius 1 is 1.13 bits per heavy atom. The fourth-order valence-corrected chi connectivity index (χ4v) is 2.26. The standard InChI is InChI=1S/C19H30N6O4.HI/c1-19(2,3)22-16(26)13-24(6)18(21-12-17(27)23(4)5)20-11-14-7-9-15(10-8-14)25(28)29;/h7-10H,11-13H2,1-6H3,(H,20,21)(H,22,26);1H. The topological polar surface area (TPSA) is 120 Å². The van der Waals surface area contributed by atoms with E-state index in [0.717, 1.165) is 5.56 Å². The predicted molar refractivity (Wildman–Crippen MR) is 127 cm³/mol. The maximum absolute atomic E-state index is 12.2. The molecule has 0 bridgehead atoms. The largest absolute Gasteiger partial charge is 0.350 e. The van der Waals surface area contributed by atoms with Crippen LogP contribution in [0, 0.1) is 10.1 Å². The van der Waals surface area contributed by atoms with Crippen molar-refractivity contribution in [2.24, 2.45) is 4.99 Å². The summed E-state index contributed by atoms with van der Waals surface area (Å²) >= 11 is 0. The van der Waals surface area contributed by atoms with Crippen molar-refractivity contribution < 1.29 is 14.5 Å². The van der Waals surface area contributed by atoms with Gasteiger partial charge in [-0.2, -0.15) is 0 Å². The molecule has 2 amide bonds. The summed E-state index contributed by atoms with van der Waals surface area (Å²) in [7, 11) is 5.00. The van der Waals surface area contributed by atoms with E-state index in [4.69, 9.17) is 0 Å². The van der Waals surface area contributed by atoms with Crippen LogP contribution in [0.3, 0.4) is 0 Å². The number of carbonyl (C=O) groups is 2. The van der Waals surface area contributed by atoms with Crippen molar-refractivity contribution in [2.75, 3.05) is 34.2 Å². The van der Waals surface area contributed by atoms with Gasteiger partial charge in [-0.25, -0.2) is 4.99 Å². The summed E-state index contributed by atoms with van der Waals surface area (Å²) in [6.07, 6.45) is 0. The first-order valence-electron chi connectivity index (χ1n) is 9.13. The van der Waals surface area contributed by atoms with Crippen molar-refractivity contribution in [1.29, 1.82) is 0 Å². The highest BCUT2D eigenvalue weighted by Crippen LogP contribution is 2.12. The van der Waals surface area contributed by atoms with Crippen LogP contribution in [-0.4, -0.2) is 72.3 Å². The highest BCUT2D eigenvalue weighted by Gasteiger charge is 2.17. The number of likely N-dealkylation sites (N-methyl/N-ethyl adjacent to an activating group) is 2. The SMILES string of the molecule is CN(C)C(=O)CNC(=NCc1ccc([N+](=O)[O-])cc1)N(C)CC(=O)NC(C)(C)C.I. The Morgan fingerprint density at radius 3 is 2.17 bits per heavy atom. The third-order valence-electron chi connectivity index (χ3n) is 3.71. The normalized spacial score (nSPS) is 11.2. The number of hydrogen-bond acceptors (Lipinski definition) is 5. The first-order valence-corrected chi connectivity index (χ1v) is 9.13.